The summed E-state index contributed by atoms with van der Waals surface area (Å²) in [4.78, 5) is 10.9. The number of nitrogens with one attached hydrogen (secondary N) is 1. The molecule has 1 heterocycles. The Morgan fingerprint density at radius 1 is 1.38 bits per heavy atom. The van der Waals surface area contributed by atoms with E-state index in [4.69, 9.17) is 18.0 Å². The molecule has 0 saturated carbocycles. The maximum atomic E-state index is 5.57. The Balaban J connectivity index is 2.30. The molecule has 1 aromatic carbocycles. The number of nitrogens with zero attached hydrogens (tertiary/aromatic N) is 2. The van der Waals surface area contributed by atoms with E-state index in [1.54, 1.807) is 0 Å². The Morgan fingerprint density at radius 3 is 2.88 bits per heavy atom. The number of aryl methyl sites for hydroxylation is 1. The summed E-state index contributed by atoms with van der Waals surface area (Å²) in [5.41, 5.74) is 7.96. The first kappa shape index (κ1) is 10.8. The van der Waals surface area contributed by atoms with Crippen molar-refractivity contribution in [3.63, 3.8) is 0 Å². The quantitative estimate of drug-likeness (QED) is 0.777. The summed E-state index contributed by atoms with van der Waals surface area (Å²) in [6.45, 7) is 2.06. The number of hydrogen-bond donors (Lipinski definition) is 2. The number of H-pyrrole nitrogens is 1. The third kappa shape index (κ3) is 2.64. The molecule has 0 bridgehead atoms. The number of aromatic nitrogens is 3. The highest BCUT2D eigenvalue weighted by Gasteiger charge is 2.00. The largest absolute Gasteiger partial charge is 0.369 e. The molecule has 0 saturated heterocycles. The fourth-order valence-corrected chi connectivity index (χ4v) is 1.75. The van der Waals surface area contributed by atoms with Gasteiger partial charge in [-0.1, -0.05) is 29.8 Å². The van der Waals surface area contributed by atoms with Crippen LogP contribution in [0.15, 0.2) is 24.3 Å². The minimum atomic E-state index is 0.277. The molecule has 2 aromatic rings. The third-order valence-corrected chi connectivity index (χ3v) is 2.36. The summed E-state index contributed by atoms with van der Waals surface area (Å²) in [6, 6.07) is 8.22. The number of aromatic amines is 1. The van der Waals surface area contributed by atoms with Gasteiger partial charge in [-0.3, -0.25) is 0 Å². The number of nitrogen functional groups attached to an aromatic ring is 1. The van der Waals surface area contributed by atoms with Crippen molar-refractivity contribution in [2.24, 2.45) is 0 Å². The second kappa shape index (κ2) is 4.40. The van der Waals surface area contributed by atoms with Gasteiger partial charge in [0.25, 0.3) is 0 Å². The van der Waals surface area contributed by atoms with Crippen LogP contribution in [0, 0.1) is 11.7 Å². The van der Waals surface area contributed by atoms with Crippen LogP contribution in [-0.4, -0.2) is 15.0 Å². The Labute approximate surface area is 98.6 Å². The van der Waals surface area contributed by atoms with Crippen molar-refractivity contribution >= 4 is 18.2 Å². The van der Waals surface area contributed by atoms with Crippen LogP contribution in [0.2, 0.25) is 0 Å². The lowest BCUT2D eigenvalue weighted by atomic mass is 10.1. The molecule has 0 aliphatic carbocycles. The van der Waals surface area contributed by atoms with Crippen LogP contribution in [-0.2, 0) is 6.42 Å². The molecule has 16 heavy (non-hydrogen) atoms. The topological polar surface area (TPSA) is 67.6 Å². The first-order valence-electron chi connectivity index (χ1n) is 4.92. The monoisotopic (exact) mass is 232 g/mol. The lowest BCUT2D eigenvalue weighted by Gasteiger charge is -2.03. The number of anilines is 1. The normalized spacial score (nSPS) is 10.3. The highest BCUT2D eigenvalue weighted by atomic mass is 32.1. The van der Waals surface area contributed by atoms with Crippen LogP contribution in [0.1, 0.15) is 17.0 Å². The molecule has 0 fully saturated rings. The molecule has 3 N–H and O–H groups in total. The summed E-state index contributed by atoms with van der Waals surface area (Å²) in [5, 5.41) is 0. The molecular weight excluding hydrogens is 220 g/mol. The van der Waals surface area contributed by atoms with E-state index in [2.05, 4.69) is 34.0 Å². The van der Waals surface area contributed by atoms with E-state index in [-0.39, 0.29) is 4.77 Å². The highest BCUT2D eigenvalue weighted by molar-refractivity contribution is 7.71. The van der Waals surface area contributed by atoms with Crippen molar-refractivity contribution in [3.8, 4) is 0 Å². The number of hydrogen-bond acceptors (Lipinski definition) is 4. The first-order chi connectivity index (χ1) is 7.63. The van der Waals surface area contributed by atoms with Gasteiger partial charge in [0.2, 0.25) is 10.7 Å². The molecule has 2 rings (SSSR count). The van der Waals surface area contributed by atoms with Gasteiger partial charge in [-0.25, -0.2) is 4.98 Å². The van der Waals surface area contributed by atoms with Gasteiger partial charge in [-0.15, -0.1) is 0 Å². The van der Waals surface area contributed by atoms with Crippen LogP contribution < -0.4 is 5.73 Å². The van der Waals surface area contributed by atoms with Crippen molar-refractivity contribution < 1.29 is 0 Å². The van der Waals surface area contributed by atoms with Crippen molar-refractivity contribution in [1.29, 1.82) is 0 Å². The summed E-state index contributed by atoms with van der Waals surface area (Å²) in [7, 11) is 0. The molecule has 82 valence electrons. The van der Waals surface area contributed by atoms with E-state index in [9.17, 15) is 0 Å². The highest BCUT2D eigenvalue weighted by Crippen LogP contribution is 2.08. The maximum Gasteiger partial charge on any atom is 0.224 e. The van der Waals surface area contributed by atoms with E-state index in [0.717, 1.165) is 5.82 Å². The second-order valence-electron chi connectivity index (χ2n) is 3.63. The smallest absolute Gasteiger partial charge is 0.224 e. The van der Waals surface area contributed by atoms with Crippen molar-refractivity contribution in [1.82, 2.24) is 15.0 Å². The van der Waals surface area contributed by atoms with Crippen LogP contribution in [0.4, 0.5) is 5.95 Å². The molecule has 5 heteroatoms. The average molecular weight is 232 g/mol. The molecular formula is C11H12N4S. The van der Waals surface area contributed by atoms with Crippen molar-refractivity contribution in [2.45, 2.75) is 13.3 Å². The Bertz CT molecular complexity index is 562. The van der Waals surface area contributed by atoms with Crippen LogP contribution in [0.25, 0.3) is 0 Å². The fourth-order valence-electron chi connectivity index (χ4n) is 1.55. The minimum absolute atomic E-state index is 0.277. The van der Waals surface area contributed by atoms with Crippen LogP contribution >= 0.6 is 12.2 Å². The van der Waals surface area contributed by atoms with E-state index < -0.39 is 0 Å². The number of nitrogens with two attached hydrogens (primary N) is 1. The zero-order chi connectivity index (χ0) is 11.5. The van der Waals surface area contributed by atoms with Gasteiger partial charge in [-0.05, 0) is 24.7 Å². The van der Waals surface area contributed by atoms with Crippen LogP contribution in [0.3, 0.4) is 0 Å². The number of rotatable bonds is 2. The summed E-state index contributed by atoms with van der Waals surface area (Å²) in [5.74, 6) is 1.05. The van der Waals surface area contributed by atoms with Gasteiger partial charge >= 0.3 is 0 Å². The zero-order valence-corrected chi connectivity index (χ0v) is 9.71. The van der Waals surface area contributed by atoms with Gasteiger partial charge in [0.1, 0.15) is 5.82 Å². The molecule has 1 aromatic heterocycles. The van der Waals surface area contributed by atoms with Gasteiger partial charge in [-0.2, -0.15) is 4.98 Å². The van der Waals surface area contributed by atoms with Gasteiger partial charge in [0.15, 0.2) is 0 Å². The van der Waals surface area contributed by atoms with Crippen LogP contribution in [0.5, 0.6) is 0 Å². The van der Waals surface area contributed by atoms with E-state index in [1.165, 1.54) is 11.1 Å². The van der Waals surface area contributed by atoms with Gasteiger partial charge in [0.05, 0.1) is 0 Å². The molecule has 0 radical (unpaired) electrons. The molecule has 0 unspecified atom stereocenters. The lowest BCUT2D eigenvalue weighted by Crippen LogP contribution is -2.03. The van der Waals surface area contributed by atoms with E-state index in [0.29, 0.717) is 12.4 Å². The molecule has 0 amide bonds. The Morgan fingerprint density at radius 2 is 2.19 bits per heavy atom. The van der Waals surface area contributed by atoms with E-state index >= 15 is 0 Å². The van der Waals surface area contributed by atoms with Gasteiger partial charge < -0.3 is 10.7 Å². The Hall–Kier alpha value is -1.75. The average Bonchev–Trinajstić information content (AvgIpc) is 2.15. The minimum Gasteiger partial charge on any atom is -0.369 e. The summed E-state index contributed by atoms with van der Waals surface area (Å²) < 4.78 is 0.277. The Kier molecular flexibility index (Phi) is 2.96. The maximum absolute atomic E-state index is 5.57. The standard InChI is InChI=1S/C11H12N4S/c1-7-3-2-4-8(5-7)6-9-13-10(12)15-11(16)14-9/h2-5H,6H2,1H3,(H3,12,13,14,15,16). The van der Waals surface area contributed by atoms with E-state index in [1.807, 2.05) is 12.1 Å². The molecule has 0 atom stereocenters. The van der Waals surface area contributed by atoms with Crippen molar-refractivity contribution in [3.05, 3.63) is 46.0 Å². The molecule has 4 nitrogen and oxygen atoms in total. The summed E-state index contributed by atoms with van der Waals surface area (Å²) >= 11 is 4.91. The predicted molar refractivity (Wildman–Crippen MR) is 65.6 cm³/mol. The third-order valence-electron chi connectivity index (χ3n) is 2.17. The predicted octanol–water partition coefficient (Wildman–Crippen LogP) is 2.02. The summed E-state index contributed by atoms with van der Waals surface area (Å²) in [6.07, 6.45) is 0.679. The van der Waals surface area contributed by atoms with Gasteiger partial charge in [0, 0.05) is 6.42 Å². The number of benzene rings is 1. The first-order valence-corrected chi connectivity index (χ1v) is 5.32. The van der Waals surface area contributed by atoms with Crippen molar-refractivity contribution in [2.75, 3.05) is 5.73 Å². The lowest BCUT2D eigenvalue weighted by molar-refractivity contribution is 0.915. The molecule has 0 aliphatic rings. The molecule has 0 aliphatic heterocycles. The fraction of sp³-hybridized carbons (Fsp3) is 0.182. The second-order valence-corrected chi connectivity index (χ2v) is 3.99. The zero-order valence-electron chi connectivity index (χ0n) is 8.90. The SMILES string of the molecule is Cc1cccc(Cc2nc(=S)nc(N)[nH]2)c1. The molecule has 0 spiro atoms.